The van der Waals surface area contributed by atoms with Gasteiger partial charge in [-0.1, -0.05) is 48.5 Å². The van der Waals surface area contributed by atoms with Crippen LogP contribution in [0.3, 0.4) is 0 Å². The zero-order valence-corrected chi connectivity index (χ0v) is 18.2. The summed E-state index contributed by atoms with van der Waals surface area (Å²) in [6.45, 7) is 2.00. The van der Waals surface area contributed by atoms with Gasteiger partial charge in [0.25, 0.3) is 0 Å². The molecular formula is C27H21F3O4. The lowest BCUT2D eigenvalue weighted by Crippen LogP contribution is -2.03. The maximum absolute atomic E-state index is 12.8. The minimum atomic E-state index is -4.39. The van der Waals surface area contributed by atoms with Crippen LogP contribution in [0, 0.1) is 6.92 Å². The number of rotatable bonds is 7. The summed E-state index contributed by atoms with van der Waals surface area (Å²) < 4.78 is 50.1. The van der Waals surface area contributed by atoms with Crippen LogP contribution in [-0.2, 0) is 24.0 Å². The quantitative estimate of drug-likeness (QED) is 0.314. The van der Waals surface area contributed by atoms with E-state index in [2.05, 4.69) is 0 Å². The fraction of sp³-hybridized carbons (Fsp3) is 0.148. The molecule has 0 aliphatic carbocycles. The van der Waals surface area contributed by atoms with Crippen LogP contribution >= 0.6 is 0 Å². The number of halogens is 3. The summed E-state index contributed by atoms with van der Waals surface area (Å²) in [7, 11) is 0. The summed E-state index contributed by atoms with van der Waals surface area (Å²) in [5.41, 5.74) is 3.10. The average Bonchev–Trinajstić information content (AvgIpc) is 3.17. The summed E-state index contributed by atoms with van der Waals surface area (Å²) in [6, 6.07) is 21.4. The fourth-order valence-corrected chi connectivity index (χ4v) is 3.59. The Bertz CT molecular complexity index is 1300. The van der Waals surface area contributed by atoms with Crippen molar-refractivity contribution in [1.29, 1.82) is 0 Å². The maximum atomic E-state index is 12.8. The average molecular weight is 466 g/mol. The van der Waals surface area contributed by atoms with Crippen molar-refractivity contribution in [3.8, 4) is 28.2 Å². The van der Waals surface area contributed by atoms with Crippen LogP contribution in [0.2, 0.25) is 0 Å². The minimum Gasteiger partial charge on any atom is -0.489 e. The normalized spacial score (nSPS) is 11.4. The van der Waals surface area contributed by atoms with E-state index in [1.54, 1.807) is 19.1 Å². The SMILES string of the molecule is Cc1oc(-c2ccc(C(F)(F)F)cc2)cc1COc1cccc(-c2cccc(CC(=O)O)c2)c1. The predicted octanol–water partition coefficient (Wildman–Crippen LogP) is 7.15. The second-order valence-corrected chi connectivity index (χ2v) is 7.85. The van der Waals surface area contributed by atoms with Gasteiger partial charge >= 0.3 is 12.1 Å². The Hall–Kier alpha value is -4.00. The predicted molar refractivity (Wildman–Crippen MR) is 121 cm³/mol. The molecule has 4 nitrogen and oxygen atoms in total. The number of aryl methyl sites for hydroxylation is 1. The van der Waals surface area contributed by atoms with Crippen molar-refractivity contribution >= 4 is 5.97 Å². The second kappa shape index (κ2) is 9.47. The van der Waals surface area contributed by atoms with E-state index in [0.717, 1.165) is 28.8 Å². The van der Waals surface area contributed by atoms with Crippen LogP contribution in [0.25, 0.3) is 22.5 Å². The van der Waals surface area contributed by atoms with E-state index < -0.39 is 17.7 Å². The number of hydrogen-bond acceptors (Lipinski definition) is 3. The number of alkyl halides is 3. The molecule has 0 fully saturated rings. The van der Waals surface area contributed by atoms with Crippen molar-refractivity contribution in [2.24, 2.45) is 0 Å². The zero-order valence-electron chi connectivity index (χ0n) is 18.2. The summed E-state index contributed by atoms with van der Waals surface area (Å²) in [5, 5.41) is 9.02. The van der Waals surface area contributed by atoms with Gasteiger partial charge in [-0.25, -0.2) is 0 Å². The number of aliphatic carboxylic acids is 1. The molecule has 1 N–H and O–H groups in total. The minimum absolute atomic E-state index is 0.0505. The van der Waals surface area contributed by atoms with Crippen LogP contribution < -0.4 is 4.74 Å². The third-order valence-corrected chi connectivity index (χ3v) is 5.36. The molecule has 1 heterocycles. The number of furan rings is 1. The Kier molecular flexibility index (Phi) is 6.45. The number of hydrogen-bond donors (Lipinski definition) is 1. The molecule has 0 saturated carbocycles. The molecule has 0 radical (unpaired) electrons. The highest BCUT2D eigenvalue weighted by molar-refractivity contribution is 5.72. The fourth-order valence-electron chi connectivity index (χ4n) is 3.59. The van der Waals surface area contributed by atoms with Crippen molar-refractivity contribution in [2.75, 3.05) is 0 Å². The Morgan fingerprint density at radius 2 is 1.59 bits per heavy atom. The Balaban J connectivity index is 1.48. The third-order valence-electron chi connectivity index (χ3n) is 5.36. The first kappa shape index (κ1) is 23.2. The van der Waals surface area contributed by atoms with Gasteiger partial charge in [0.05, 0.1) is 12.0 Å². The number of carbonyl (C=O) groups is 1. The van der Waals surface area contributed by atoms with E-state index in [4.69, 9.17) is 14.3 Å². The van der Waals surface area contributed by atoms with Gasteiger partial charge in [-0.15, -0.1) is 0 Å². The molecule has 3 aromatic carbocycles. The van der Waals surface area contributed by atoms with Gasteiger partial charge in [0.1, 0.15) is 23.9 Å². The first-order valence-corrected chi connectivity index (χ1v) is 10.5. The Labute approximate surface area is 194 Å². The van der Waals surface area contributed by atoms with Crippen molar-refractivity contribution < 1.29 is 32.2 Å². The van der Waals surface area contributed by atoms with Gasteiger partial charge in [0.2, 0.25) is 0 Å². The Morgan fingerprint density at radius 1 is 0.912 bits per heavy atom. The standard InChI is InChI=1S/C27H21F3O4/c1-17-22(15-25(34-17)19-8-10-23(11-9-19)27(28,29)30)16-33-24-7-3-6-21(14-24)20-5-2-4-18(12-20)13-26(31)32/h2-12,14-15H,13,16H2,1H3,(H,31,32). The van der Waals surface area contributed by atoms with E-state index in [9.17, 15) is 18.0 Å². The van der Waals surface area contributed by atoms with Crippen LogP contribution in [0.4, 0.5) is 13.2 Å². The maximum Gasteiger partial charge on any atom is 0.416 e. The number of carboxylic acid groups (broad SMARTS) is 1. The van der Waals surface area contributed by atoms with E-state index in [0.29, 0.717) is 28.4 Å². The monoisotopic (exact) mass is 466 g/mol. The summed E-state index contributed by atoms with van der Waals surface area (Å²) in [4.78, 5) is 11.0. The summed E-state index contributed by atoms with van der Waals surface area (Å²) >= 11 is 0. The van der Waals surface area contributed by atoms with E-state index in [1.165, 1.54) is 12.1 Å². The van der Waals surface area contributed by atoms with Crippen molar-refractivity contribution in [1.82, 2.24) is 0 Å². The highest BCUT2D eigenvalue weighted by Crippen LogP contribution is 2.32. The molecule has 0 spiro atoms. The molecule has 1 aromatic heterocycles. The molecule has 0 bridgehead atoms. The first-order chi connectivity index (χ1) is 16.2. The second-order valence-electron chi connectivity index (χ2n) is 7.85. The van der Waals surface area contributed by atoms with Gasteiger partial charge in [0.15, 0.2) is 0 Å². The molecule has 34 heavy (non-hydrogen) atoms. The molecule has 0 atom stereocenters. The lowest BCUT2D eigenvalue weighted by Gasteiger charge is -2.09. The number of carboxylic acids is 1. The van der Waals surface area contributed by atoms with Crippen molar-refractivity contribution in [2.45, 2.75) is 26.1 Å². The molecule has 4 rings (SSSR count). The molecule has 0 saturated heterocycles. The lowest BCUT2D eigenvalue weighted by atomic mass is 10.0. The van der Waals surface area contributed by atoms with Gasteiger partial charge in [0, 0.05) is 11.1 Å². The molecule has 0 aliphatic heterocycles. The van der Waals surface area contributed by atoms with Gasteiger partial charge in [-0.2, -0.15) is 13.2 Å². The van der Waals surface area contributed by atoms with Crippen LogP contribution in [0.15, 0.2) is 83.3 Å². The molecular weight excluding hydrogens is 445 g/mol. The van der Waals surface area contributed by atoms with Crippen molar-refractivity contribution in [3.05, 3.63) is 101 Å². The summed E-state index contributed by atoms with van der Waals surface area (Å²) in [6.07, 6.45) is -4.44. The largest absolute Gasteiger partial charge is 0.489 e. The highest BCUT2D eigenvalue weighted by Gasteiger charge is 2.30. The smallest absolute Gasteiger partial charge is 0.416 e. The molecule has 0 amide bonds. The molecule has 4 aromatic rings. The molecule has 0 aliphatic rings. The lowest BCUT2D eigenvalue weighted by molar-refractivity contribution is -0.138. The van der Waals surface area contributed by atoms with Crippen LogP contribution in [-0.4, -0.2) is 11.1 Å². The van der Waals surface area contributed by atoms with Gasteiger partial charge in [-0.05, 0) is 53.9 Å². The third kappa shape index (κ3) is 5.49. The van der Waals surface area contributed by atoms with E-state index >= 15 is 0 Å². The molecule has 174 valence electrons. The first-order valence-electron chi connectivity index (χ1n) is 10.5. The highest BCUT2D eigenvalue weighted by atomic mass is 19.4. The number of benzene rings is 3. The Morgan fingerprint density at radius 3 is 2.26 bits per heavy atom. The topological polar surface area (TPSA) is 59.7 Å². The van der Waals surface area contributed by atoms with Crippen LogP contribution in [0.5, 0.6) is 5.75 Å². The molecule has 7 heteroatoms. The summed E-state index contributed by atoms with van der Waals surface area (Å²) in [5.74, 6) is 0.819. The van der Waals surface area contributed by atoms with Gasteiger partial charge < -0.3 is 14.3 Å². The zero-order chi connectivity index (χ0) is 24.3. The van der Waals surface area contributed by atoms with Crippen LogP contribution in [0.1, 0.15) is 22.5 Å². The molecule has 0 unspecified atom stereocenters. The van der Waals surface area contributed by atoms with Gasteiger partial charge in [-0.3, -0.25) is 4.79 Å². The van der Waals surface area contributed by atoms with Crippen molar-refractivity contribution in [3.63, 3.8) is 0 Å². The van der Waals surface area contributed by atoms with E-state index in [1.807, 2.05) is 42.5 Å². The number of ether oxygens (including phenoxy) is 1. The van der Waals surface area contributed by atoms with E-state index in [-0.39, 0.29) is 13.0 Å².